The molecular formula is C31H41N6O9PS. The molecule has 1 atom stereocenters. The quantitative estimate of drug-likeness (QED) is 0.194. The van der Waals surface area contributed by atoms with E-state index in [0.717, 1.165) is 5.56 Å². The number of ether oxygens (including phenoxy) is 3. The van der Waals surface area contributed by atoms with E-state index in [1.54, 1.807) is 18.2 Å². The van der Waals surface area contributed by atoms with Crippen LogP contribution in [-0.4, -0.2) is 107 Å². The van der Waals surface area contributed by atoms with Gasteiger partial charge in [-0.1, -0.05) is 32.8 Å². The molecule has 17 heteroatoms. The van der Waals surface area contributed by atoms with Crippen LogP contribution in [0.2, 0.25) is 0 Å². The number of sulfonamides is 1. The van der Waals surface area contributed by atoms with Gasteiger partial charge in [0.15, 0.2) is 5.70 Å². The van der Waals surface area contributed by atoms with Gasteiger partial charge >= 0.3 is 5.97 Å². The summed E-state index contributed by atoms with van der Waals surface area (Å²) in [6.07, 6.45) is 0.596. The van der Waals surface area contributed by atoms with E-state index in [4.69, 9.17) is 25.1 Å². The van der Waals surface area contributed by atoms with E-state index in [1.165, 1.54) is 16.4 Å². The highest BCUT2D eigenvalue weighted by atomic mass is 32.2. The lowest BCUT2D eigenvalue weighted by Gasteiger charge is -2.23. The number of aliphatic carboxylic acids is 1. The summed E-state index contributed by atoms with van der Waals surface area (Å²) < 4.78 is 46.0. The number of carbonyl (C=O) groups is 3. The van der Waals surface area contributed by atoms with Gasteiger partial charge in [0.2, 0.25) is 15.9 Å². The maximum absolute atomic E-state index is 13.7. The average Bonchev–Trinajstić information content (AvgIpc) is 3.06. The highest BCUT2D eigenvalue weighted by Crippen LogP contribution is 2.33. The van der Waals surface area contributed by atoms with E-state index >= 15 is 0 Å². The molecule has 0 saturated heterocycles. The number of para-hydroxylation sites is 1. The van der Waals surface area contributed by atoms with Crippen LogP contribution in [0.5, 0.6) is 5.75 Å². The highest BCUT2D eigenvalue weighted by Gasteiger charge is 2.26. The number of carboxylic acids is 1. The number of rotatable bonds is 8. The Bertz CT molecular complexity index is 1630. The fourth-order valence-electron chi connectivity index (χ4n) is 4.89. The predicted molar refractivity (Wildman–Crippen MR) is 181 cm³/mol. The molecule has 48 heavy (non-hydrogen) atoms. The van der Waals surface area contributed by atoms with Crippen molar-refractivity contribution in [2.24, 2.45) is 10.7 Å². The van der Waals surface area contributed by atoms with Gasteiger partial charge in [-0.2, -0.15) is 4.31 Å². The van der Waals surface area contributed by atoms with Crippen LogP contribution in [0.3, 0.4) is 0 Å². The van der Waals surface area contributed by atoms with Gasteiger partial charge in [-0.3, -0.25) is 14.4 Å². The first-order valence-corrected chi connectivity index (χ1v) is 18.0. The van der Waals surface area contributed by atoms with Gasteiger partial charge in [0.1, 0.15) is 18.9 Å². The Kier molecular flexibility index (Phi) is 13.8. The maximum atomic E-state index is 13.7. The predicted octanol–water partition coefficient (Wildman–Crippen LogP) is 1.05. The second-order valence-electron chi connectivity index (χ2n) is 10.7. The summed E-state index contributed by atoms with van der Waals surface area (Å²) in [6, 6.07) is 11.7. The summed E-state index contributed by atoms with van der Waals surface area (Å²) in [7, 11) is -2.09. The van der Waals surface area contributed by atoms with Gasteiger partial charge in [-0.25, -0.2) is 13.4 Å². The van der Waals surface area contributed by atoms with E-state index in [1.807, 2.05) is 19.2 Å². The summed E-state index contributed by atoms with van der Waals surface area (Å²) in [5, 5.41) is 17.0. The SMILES string of the molecule is CNCc1cccc2c1OCCOCCOCCN(CCCC(=O)NCC(=O)O)S(=O)(=O)c1ccc(cc1)C1=NC(=C(N)PC1)C(=O)N2. The van der Waals surface area contributed by atoms with Gasteiger partial charge in [0, 0.05) is 37.8 Å². The van der Waals surface area contributed by atoms with Gasteiger partial charge in [0.25, 0.3) is 5.91 Å². The molecule has 6 N–H and O–H groups in total. The number of nitrogens with zero attached hydrogens (tertiary/aromatic N) is 2. The Hall–Kier alpha value is -3.92. The molecule has 260 valence electrons. The molecule has 4 bridgehead atoms. The Balaban J connectivity index is 1.59. The number of benzene rings is 2. The largest absolute Gasteiger partial charge is 0.489 e. The Morgan fingerprint density at radius 3 is 2.54 bits per heavy atom. The van der Waals surface area contributed by atoms with Crippen molar-refractivity contribution in [3.8, 4) is 5.75 Å². The number of amides is 2. The molecule has 3 aliphatic heterocycles. The molecular weight excluding hydrogens is 663 g/mol. The van der Waals surface area contributed by atoms with E-state index in [-0.39, 0.29) is 78.1 Å². The zero-order valence-corrected chi connectivity index (χ0v) is 28.4. The molecule has 2 aromatic rings. The molecule has 0 spiro atoms. The summed E-state index contributed by atoms with van der Waals surface area (Å²) >= 11 is 0. The summed E-state index contributed by atoms with van der Waals surface area (Å²) in [5.74, 6) is -1.66. The van der Waals surface area contributed by atoms with Gasteiger partial charge in [-0.15, -0.1) is 0 Å². The van der Waals surface area contributed by atoms with E-state index in [9.17, 15) is 22.8 Å². The van der Waals surface area contributed by atoms with E-state index in [0.29, 0.717) is 40.9 Å². The molecule has 3 aliphatic rings. The first-order chi connectivity index (χ1) is 23.1. The number of hydrogen-bond acceptors (Lipinski definition) is 11. The van der Waals surface area contributed by atoms with Crippen molar-refractivity contribution >= 4 is 47.8 Å². The van der Waals surface area contributed by atoms with Crippen molar-refractivity contribution in [3.63, 3.8) is 0 Å². The molecule has 0 aliphatic carbocycles. The average molecular weight is 705 g/mol. The standard InChI is InChI=1S/C31H41N6O9PS/c1-33-18-22-4-2-5-24-29(22)46-17-16-45-15-14-44-13-12-37(11-3-6-26(38)34-19-27(39)40)48(42,43)23-9-7-21(8-10-23)25-20-47-30(32)28(35-25)31(41)36-24/h2,4-5,7-10,33,47H,3,6,11-20,32H2,1H3,(H,34,38)(H,36,41)(H,39,40). The number of carbonyl (C=O) groups excluding carboxylic acids is 2. The van der Waals surface area contributed by atoms with Gasteiger partial charge in [-0.05, 0) is 37.2 Å². The summed E-state index contributed by atoms with van der Waals surface area (Å²) in [5.41, 5.74) is 9.24. The van der Waals surface area contributed by atoms with E-state index in [2.05, 4.69) is 20.9 Å². The minimum absolute atomic E-state index is 0.00909. The van der Waals surface area contributed by atoms with Crippen LogP contribution in [0.1, 0.15) is 24.0 Å². The number of nitrogens with two attached hydrogens (primary N) is 1. The van der Waals surface area contributed by atoms with Gasteiger partial charge in [0.05, 0.1) is 48.2 Å². The molecule has 2 aromatic carbocycles. The molecule has 5 rings (SSSR count). The number of carboxylic acid groups (broad SMARTS) is 1. The lowest BCUT2D eigenvalue weighted by molar-refractivity contribution is -0.137. The summed E-state index contributed by atoms with van der Waals surface area (Å²) in [4.78, 5) is 40.9. The number of hydrogen-bond donors (Lipinski definition) is 5. The van der Waals surface area contributed by atoms with Crippen molar-refractivity contribution in [3.05, 3.63) is 64.7 Å². The highest BCUT2D eigenvalue weighted by molar-refractivity contribution is 7.89. The third-order valence-electron chi connectivity index (χ3n) is 7.28. The third kappa shape index (κ3) is 10.3. The van der Waals surface area contributed by atoms with Crippen molar-refractivity contribution in [2.75, 3.05) is 71.2 Å². The lowest BCUT2D eigenvalue weighted by atomic mass is 10.1. The molecule has 0 fully saturated rings. The van der Waals surface area contributed by atoms with Crippen molar-refractivity contribution in [1.82, 2.24) is 14.9 Å². The molecule has 0 aromatic heterocycles. The smallest absolute Gasteiger partial charge is 0.322 e. The topological polar surface area (TPSA) is 211 Å². The van der Waals surface area contributed by atoms with Crippen LogP contribution in [0.4, 0.5) is 5.69 Å². The Morgan fingerprint density at radius 2 is 1.81 bits per heavy atom. The number of anilines is 1. The Labute approximate surface area is 281 Å². The Morgan fingerprint density at radius 1 is 1.08 bits per heavy atom. The maximum Gasteiger partial charge on any atom is 0.322 e. The number of fused-ring (bicyclic) bond motifs is 13. The minimum Gasteiger partial charge on any atom is -0.489 e. The molecule has 15 nitrogen and oxygen atoms in total. The minimum atomic E-state index is -4.00. The van der Waals surface area contributed by atoms with Crippen LogP contribution in [0.25, 0.3) is 0 Å². The number of nitrogens with one attached hydrogen (secondary N) is 3. The molecule has 0 saturated carbocycles. The zero-order valence-electron chi connectivity index (χ0n) is 26.6. The molecule has 2 amide bonds. The fourth-order valence-corrected chi connectivity index (χ4v) is 7.33. The van der Waals surface area contributed by atoms with Crippen LogP contribution in [-0.2, 0) is 40.4 Å². The van der Waals surface area contributed by atoms with Crippen LogP contribution >= 0.6 is 8.58 Å². The lowest BCUT2D eigenvalue weighted by Crippen LogP contribution is -2.36. The second-order valence-corrected chi connectivity index (χ2v) is 13.9. The summed E-state index contributed by atoms with van der Waals surface area (Å²) in [6.45, 7) is 0.965. The number of aliphatic imine (C=N–C) groups is 1. The van der Waals surface area contributed by atoms with Gasteiger partial charge < -0.3 is 41.0 Å². The fraction of sp³-hybridized carbons (Fsp3) is 0.419. The zero-order chi connectivity index (χ0) is 34.5. The molecule has 1 unspecified atom stereocenters. The van der Waals surface area contributed by atoms with Crippen molar-refractivity contribution in [1.29, 1.82) is 0 Å². The first kappa shape index (κ1) is 36.9. The molecule has 0 radical (unpaired) electrons. The van der Waals surface area contributed by atoms with Crippen LogP contribution < -0.4 is 26.4 Å². The van der Waals surface area contributed by atoms with Crippen LogP contribution in [0, 0.1) is 0 Å². The van der Waals surface area contributed by atoms with Crippen LogP contribution in [0.15, 0.2) is 63.5 Å². The van der Waals surface area contributed by atoms with Crippen molar-refractivity contribution < 1.29 is 42.1 Å². The van der Waals surface area contributed by atoms with Crippen molar-refractivity contribution in [2.45, 2.75) is 24.3 Å². The monoisotopic (exact) mass is 704 g/mol. The van der Waals surface area contributed by atoms with E-state index < -0.39 is 34.4 Å². The second kappa shape index (κ2) is 18.0. The normalized spacial score (nSPS) is 18.4. The third-order valence-corrected chi connectivity index (χ3v) is 10.3. The first-order valence-electron chi connectivity index (χ1n) is 15.4. The molecule has 3 heterocycles.